The van der Waals surface area contributed by atoms with Gasteiger partial charge in [0.25, 0.3) is 5.91 Å². The van der Waals surface area contributed by atoms with Crippen molar-refractivity contribution in [1.29, 1.82) is 0 Å². The van der Waals surface area contributed by atoms with Crippen LogP contribution in [-0.2, 0) is 0 Å². The molecule has 2 aromatic rings. The van der Waals surface area contributed by atoms with Gasteiger partial charge in [-0.15, -0.1) is 11.6 Å². The third-order valence-electron chi connectivity index (χ3n) is 2.96. The minimum Gasteiger partial charge on any atom is -0.352 e. The van der Waals surface area contributed by atoms with Crippen molar-refractivity contribution in [2.24, 2.45) is 0 Å². The van der Waals surface area contributed by atoms with E-state index in [1.165, 1.54) is 0 Å². The van der Waals surface area contributed by atoms with E-state index in [1.54, 1.807) is 17.1 Å². The number of unbranched alkanes of at least 4 members (excludes halogenated alkanes) is 2. The number of carbonyl (C=O) groups is 1. The van der Waals surface area contributed by atoms with E-state index in [4.69, 9.17) is 11.6 Å². The zero-order chi connectivity index (χ0) is 14.2. The van der Waals surface area contributed by atoms with Gasteiger partial charge in [0.15, 0.2) is 0 Å². The van der Waals surface area contributed by atoms with Crippen molar-refractivity contribution in [1.82, 2.24) is 15.1 Å². The van der Waals surface area contributed by atoms with Crippen molar-refractivity contribution in [2.75, 3.05) is 12.4 Å². The van der Waals surface area contributed by atoms with E-state index >= 15 is 0 Å². The molecule has 1 heterocycles. The van der Waals surface area contributed by atoms with E-state index in [0.29, 0.717) is 18.0 Å². The summed E-state index contributed by atoms with van der Waals surface area (Å²) in [6, 6.07) is 9.71. The summed E-state index contributed by atoms with van der Waals surface area (Å²) in [5, 5.41) is 7.09. The quantitative estimate of drug-likeness (QED) is 0.630. The Morgan fingerprint density at radius 1 is 1.20 bits per heavy atom. The minimum atomic E-state index is -0.0851. The summed E-state index contributed by atoms with van der Waals surface area (Å²) < 4.78 is 1.70. The Hall–Kier alpha value is -1.81. The van der Waals surface area contributed by atoms with Gasteiger partial charge in [0, 0.05) is 18.6 Å². The molecule has 0 bridgehead atoms. The molecule has 1 aromatic heterocycles. The van der Waals surface area contributed by atoms with Gasteiger partial charge < -0.3 is 5.32 Å². The summed E-state index contributed by atoms with van der Waals surface area (Å²) >= 11 is 5.60. The summed E-state index contributed by atoms with van der Waals surface area (Å²) in [5.41, 5.74) is 1.51. The smallest absolute Gasteiger partial charge is 0.254 e. The van der Waals surface area contributed by atoms with Crippen molar-refractivity contribution >= 4 is 17.5 Å². The van der Waals surface area contributed by atoms with Crippen LogP contribution in [0.2, 0.25) is 0 Å². The Labute approximate surface area is 123 Å². The van der Waals surface area contributed by atoms with E-state index in [9.17, 15) is 4.79 Å². The molecule has 1 aromatic carbocycles. The van der Waals surface area contributed by atoms with Crippen molar-refractivity contribution in [3.05, 3.63) is 48.3 Å². The lowest BCUT2D eigenvalue weighted by Gasteiger charge is -2.02. The van der Waals surface area contributed by atoms with E-state index in [2.05, 4.69) is 10.4 Å². The van der Waals surface area contributed by atoms with Gasteiger partial charge in [-0.1, -0.05) is 24.6 Å². The maximum atomic E-state index is 11.9. The Bertz CT molecular complexity index is 539. The Balaban J connectivity index is 1.87. The number of aromatic nitrogens is 2. The molecular weight excluding hydrogens is 274 g/mol. The largest absolute Gasteiger partial charge is 0.352 e. The van der Waals surface area contributed by atoms with Crippen LogP contribution in [0.5, 0.6) is 0 Å². The predicted octanol–water partition coefficient (Wildman–Crippen LogP) is 3.01. The summed E-state index contributed by atoms with van der Waals surface area (Å²) in [6.45, 7) is 0.673. The first kappa shape index (κ1) is 14.6. The van der Waals surface area contributed by atoms with Gasteiger partial charge in [-0.2, -0.15) is 5.10 Å². The second kappa shape index (κ2) is 7.70. The number of alkyl halides is 1. The molecule has 0 saturated carbocycles. The molecule has 2 rings (SSSR count). The molecule has 0 fully saturated rings. The topological polar surface area (TPSA) is 46.9 Å². The molecule has 1 amide bonds. The van der Waals surface area contributed by atoms with E-state index in [0.717, 1.165) is 24.9 Å². The molecular formula is C15H18ClN3O. The van der Waals surface area contributed by atoms with Crippen LogP contribution in [0.1, 0.15) is 29.6 Å². The van der Waals surface area contributed by atoms with Gasteiger partial charge in [-0.05, 0) is 25.0 Å². The summed E-state index contributed by atoms with van der Waals surface area (Å²) in [4.78, 5) is 11.9. The number of para-hydroxylation sites is 1. The number of amides is 1. The molecule has 0 unspecified atom stereocenters. The van der Waals surface area contributed by atoms with Crippen LogP contribution in [0.4, 0.5) is 0 Å². The van der Waals surface area contributed by atoms with Crippen LogP contribution in [0.25, 0.3) is 5.69 Å². The zero-order valence-corrected chi connectivity index (χ0v) is 12.0. The van der Waals surface area contributed by atoms with Crippen molar-refractivity contribution in [3.8, 4) is 5.69 Å². The van der Waals surface area contributed by atoms with Crippen LogP contribution in [0.3, 0.4) is 0 Å². The van der Waals surface area contributed by atoms with Crippen molar-refractivity contribution in [2.45, 2.75) is 19.3 Å². The highest BCUT2D eigenvalue weighted by atomic mass is 35.5. The molecule has 0 radical (unpaired) electrons. The lowest BCUT2D eigenvalue weighted by Crippen LogP contribution is -2.24. The fraction of sp³-hybridized carbons (Fsp3) is 0.333. The minimum absolute atomic E-state index is 0.0851. The number of halogens is 1. The molecule has 0 atom stereocenters. The Kier molecular flexibility index (Phi) is 5.62. The fourth-order valence-corrected chi connectivity index (χ4v) is 2.05. The maximum Gasteiger partial charge on any atom is 0.254 e. The average molecular weight is 292 g/mol. The highest BCUT2D eigenvalue weighted by Gasteiger charge is 2.08. The van der Waals surface area contributed by atoms with Gasteiger partial charge in [0.1, 0.15) is 0 Å². The number of rotatable bonds is 7. The molecule has 20 heavy (non-hydrogen) atoms. The first-order valence-corrected chi connectivity index (χ1v) is 7.29. The predicted molar refractivity (Wildman–Crippen MR) is 80.5 cm³/mol. The highest BCUT2D eigenvalue weighted by molar-refractivity contribution is 6.17. The number of nitrogens with one attached hydrogen (secondary N) is 1. The maximum absolute atomic E-state index is 11.9. The second-order valence-corrected chi connectivity index (χ2v) is 4.89. The molecule has 106 valence electrons. The van der Waals surface area contributed by atoms with Crippen molar-refractivity contribution in [3.63, 3.8) is 0 Å². The van der Waals surface area contributed by atoms with E-state index < -0.39 is 0 Å². The molecule has 0 saturated heterocycles. The van der Waals surface area contributed by atoms with Crippen LogP contribution >= 0.6 is 11.6 Å². The number of benzene rings is 1. The lowest BCUT2D eigenvalue weighted by molar-refractivity contribution is 0.0953. The van der Waals surface area contributed by atoms with Gasteiger partial charge in [0.2, 0.25) is 0 Å². The van der Waals surface area contributed by atoms with Crippen molar-refractivity contribution < 1.29 is 4.79 Å². The molecule has 0 aliphatic carbocycles. The summed E-state index contributed by atoms with van der Waals surface area (Å²) in [5.74, 6) is 0.593. The highest BCUT2D eigenvalue weighted by Crippen LogP contribution is 2.07. The van der Waals surface area contributed by atoms with Crippen LogP contribution in [0, 0.1) is 0 Å². The van der Waals surface area contributed by atoms with Gasteiger partial charge in [-0.25, -0.2) is 4.68 Å². The zero-order valence-electron chi connectivity index (χ0n) is 11.3. The third-order valence-corrected chi connectivity index (χ3v) is 3.23. The third kappa shape index (κ3) is 4.10. The number of hydrogen-bond acceptors (Lipinski definition) is 2. The first-order chi connectivity index (χ1) is 9.81. The summed E-state index contributed by atoms with van der Waals surface area (Å²) in [6.07, 6.45) is 6.30. The first-order valence-electron chi connectivity index (χ1n) is 6.75. The fourth-order valence-electron chi connectivity index (χ4n) is 1.86. The van der Waals surface area contributed by atoms with Gasteiger partial charge >= 0.3 is 0 Å². The van der Waals surface area contributed by atoms with Gasteiger partial charge in [-0.3, -0.25) is 4.79 Å². The normalized spacial score (nSPS) is 10.4. The number of hydrogen-bond donors (Lipinski definition) is 1. The van der Waals surface area contributed by atoms with Crippen LogP contribution in [-0.4, -0.2) is 28.1 Å². The molecule has 0 aliphatic rings. The Morgan fingerprint density at radius 2 is 2.00 bits per heavy atom. The van der Waals surface area contributed by atoms with Gasteiger partial charge in [0.05, 0.1) is 17.4 Å². The average Bonchev–Trinajstić information content (AvgIpc) is 2.98. The number of nitrogens with zero attached hydrogens (tertiary/aromatic N) is 2. The Morgan fingerprint density at radius 3 is 2.75 bits per heavy atom. The second-order valence-electron chi connectivity index (χ2n) is 4.51. The molecule has 0 spiro atoms. The van der Waals surface area contributed by atoms with E-state index in [-0.39, 0.29) is 5.91 Å². The number of carbonyl (C=O) groups excluding carboxylic acids is 1. The summed E-state index contributed by atoms with van der Waals surface area (Å²) in [7, 11) is 0. The lowest BCUT2D eigenvalue weighted by atomic mass is 10.2. The standard InChI is InChI=1S/C15H18ClN3O/c16-9-5-2-6-10-17-15(20)13-11-18-19(12-13)14-7-3-1-4-8-14/h1,3-4,7-8,11-12H,2,5-6,9-10H2,(H,17,20). The van der Waals surface area contributed by atoms with Crippen LogP contribution in [0.15, 0.2) is 42.7 Å². The molecule has 0 aliphatic heterocycles. The monoisotopic (exact) mass is 291 g/mol. The molecule has 5 heteroatoms. The SMILES string of the molecule is O=C(NCCCCCCl)c1cnn(-c2ccccc2)c1. The van der Waals surface area contributed by atoms with Crippen LogP contribution < -0.4 is 5.32 Å². The van der Waals surface area contributed by atoms with E-state index in [1.807, 2.05) is 30.3 Å². The molecule has 4 nitrogen and oxygen atoms in total. The molecule has 1 N–H and O–H groups in total.